The smallest absolute Gasteiger partial charge is 0.258 e. The SMILES string of the molecule is FC1=C(F)N(OC(F)(F)C(F)(F)C(F)(F)C(F)(F)C(F)(F)C(F)(F)C(F)(F)F)C(F)(c2cnc(CCCCCCCCCC3CC3)cn2)C(F)=C1F. The number of hydrogen-bond acceptors (Lipinski definition) is 4. The van der Waals surface area contributed by atoms with Gasteiger partial charge in [0, 0.05) is 6.20 Å². The first-order chi connectivity index (χ1) is 23.5. The van der Waals surface area contributed by atoms with E-state index in [1.807, 2.05) is 0 Å². The molecular weight excluding hydrogens is 774 g/mol. The third-order valence-electron chi connectivity index (χ3n) is 8.11. The van der Waals surface area contributed by atoms with E-state index in [2.05, 4.69) is 14.8 Å². The van der Waals surface area contributed by atoms with Crippen LogP contribution in [-0.2, 0) is 17.1 Å². The molecule has 0 amide bonds. The molecule has 0 spiro atoms. The van der Waals surface area contributed by atoms with Gasteiger partial charge in [-0.15, -0.1) is 0 Å². The van der Waals surface area contributed by atoms with E-state index in [9.17, 15) is 83.4 Å². The molecule has 4 nitrogen and oxygen atoms in total. The minimum Gasteiger partial charge on any atom is -0.258 e. The molecule has 2 aliphatic rings. The number of allylic oxidation sites excluding steroid dienone is 2. The van der Waals surface area contributed by atoms with Gasteiger partial charge in [-0.1, -0.05) is 57.8 Å². The molecule has 0 aromatic carbocycles. The molecule has 0 N–H and O–H groups in total. The lowest BCUT2D eigenvalue weighted by Gasteiger charge is -2.43. The van der Waals surface area contributed by atoms with Gasteiger partial charge >= 0.3 is 47.7 Å². The molecule has 2 heterocycles. The maximum atomic E-state index is 15.9. The van der Waals surface area contributed by atoms with E-state index in [-0.39, 0.29) is 18.3 Å². The van der Waals surface area contributed by atoms with Gasteiger partial charge in [-0.3, -0.25) is 9.97 Å². The van der Waals surface area contributed by atoms with Gasteiger partial charge in [0.15, 0.2) is 0 Å². The summed E-state index contributed by atoms with van der Waals surface area (Å²) in [5.74, 6) is -61.6. The van der Waals surface area contributed by atoms with Crippen LogP contribution in [0.1, 0.15) is 75.6 Å². The summed E-state index contributed by atoms with van der Waals surface area (Å²) in [5.41, 5.74) is -2.13. The van der Waals surface area contributed by atoms with Crippen LogP contribution in [0.5, 0.6) is 0 Å². The van der Waals surface area contributed by atoms with Crippen molar-refractivity contribution in [2.75, 3.05) is 0 Å². The summed E-state index contributed by atoms with van der Waals surface area (Å²) in [7, 11) is 0. The van der Waals surface area contributed by atoms with Crippen LogP contribution in [0.3, 0.4) is 0 Å². The second kappa shape index (κ2) is 14.6. The maximum absolute atomic E-state index is 15.9. The highest BCUT2D eigenvalue weighted by molar-refractivity contribution is 5.37. The van der Waals surface area contributed by atoms with E-state index in [1.165, 1.54) is 12.8 Å². The van der Waals surface area contributed by atoms with Crippen LogP contribution in [0.15, 0.2) is 35.8 Å². The van der Waals surface area contributed by atoms with Gasteiger partial charge in [-0.25, -0.2) is 13.2 Å². The van der Waals surface area contributed by atoms with Crippen molar-refractivity contribution in [3.63, 3.8) is 0 Å². The second-order valence-corrected chi connectivity index (χ2v) is 12.0. The van der Waals surface area contributed by atoms with E-state index in [4.69, 9.17) is 0 Å². The summed E-state index contributed by atoms with van der Waals surface area (Å²) in [5, 5.41) is -2.44. The van der Waals surface area contributed by atoms with Crippen molar-refractivity contribution in [1.29, 1.82) is 0 Å². The standard InChI is InChI=1S/C28H25F20N3O/c29-17-18(30)20(32)51(52-28(47,48)26(42,43)24(38,39)22(34,35)23(36,37)25(40,41)27(44,45)46)21(33,19(17)31)16-13-49-15(12-50-16)9-7-5-3-1-2-4-6-8-14-10-11-14/h12-14H,1-11H2. The number of rotatable bonds is 18. The molecule has 0 bridgehead atoms. The average molecular weight is 799 g/mol. The van der Waals surface area contributed by atoms with Crippen LogP contribution < -0.4 is 0 Å². The number of nitrogens with zero attached hydrogens (tertiary/aromatic N) is 3. The second-order valence-electron chi connectivity index (χ2n) is 12.0. The molecule has 0 radical (unpaired) electrons. The summed E-state index contributed by atoms with van der Waals surface area (Å²) >= 11 is 0. The molecule has 3 rings (SSSR count). The molecule has 0 saturated heterocycles. The Hall–Kier alpha value is -3.08. The maximum Gasteiger partial charge on any atom is 0.460 e. The van der Waals surface area contributed by atoms with Crippen LogP contribution in [0, 0.1) is 5.92 Å². The Bertz CT molecular complexity index is 1470. The monoisotopic (exact) mass is 799 g/mol. The largest absolute Gasteiger partial charge is 0.460 e. The Morgan fingerprint density at radius 1 is 0.615 bits per heavy atom. The van der Waals surface area contributed by atoms with Gasteiger partial charge in [0.25, 0.3) is 5.95 Å². The first-order valence-corrected chi connectivity index (χ1v) is 15.0. The van der Waals surface area contributed by atoms with Crippen molar-refractivity contribution < 1.29 is 92.6 Å². The summed E-state index contributed by atoms with van der Waals surface area (Å²) in [6.07, 6.45) is -6.11. The average Bonchev–Trinajstić information content (AvgIpc) is 3.88. The number of alkyl halides is 16. The normalized spacial score (nSPS) is 20.3. The number of aromatic nitrogens is 2. The molecule has 1 aliphatic carbocycles. The molecule has 1 atom stereocenters. The highest BCUT2D eigenvalue weighted by atomic mass is 19.4. The number of hydroxylamine groups is 2. The predicted molar refractivity (Wildman–Crippen MR) is 135 cm³/mol. The zero-order valence-corrected chi connectivity index (χ0v) is 25.8. The minimum atomic E-state index is -8.82. The Labute approximate surface area is 279 Å². The number of aryl methyl sites for hydroxylation is 1. The topological polar surface area (TPSA) is 38.2 Å². The number of hydrogen-bond donors (Lipinski definition) is 0. The molecule has 52 heavy (non-hydrogen) atoms. The molecule has 1 fully saturated rings. The molecule has 298 valence electrons. The zero-order chi connectivity index (χ0) is 39.9. The molecule has 1 aliphatic heterocycles. The summed E-state index contributed by atoms with van der Waals surface area (Å²) in [6.45, 7) is 0. The third kappa shape index (κ3) is 7.49. The summed E-state index contributed by atoms with van der Waals surface area (Å²) < 4.78 is 276. The minimum absolute atomic E-state index is 0.00956. The molecule has 1 saturated carbocycles. The van der Waals surface area contributed by atoms with Crippen molar-refractivity contribution in [1.82, 2.24) is 15.0 Å². The van der Waals surface area contributed by atoms with Crippen LogP contribution in [0.4, 0.5) is 87.8 Å². The lowest BCUT2D eigenvalue weighted by atomic mass is 9.93. The van der Waals surface area contributed by atoms with E-state index in [0.29, 0.717) is 19.0 Å². The summed E-state index contributed by atoms with van der Waals surface area (Å²) in [6, 6.07) is 0. The van der Waals surface area contributed by atoms with E-state index < -0.39 is 81.9 Å². The fourth-order valence-corrected chi connectivity index (χ4v) is 4.77. The van der Waals surface area contributed by atoms with Crippen LogP contribution in [0.2, 0.25) is 0 Å². The molecule has 1 aromatic rings. The predicted octanol–water partition coefficient (Wildman–Crippen LogP) is 11.5. The fourth-order valence-electron chi connectivity index (χ4n) is 4.77. The van der Waals surface area contributed by atoms with E-state index >= 15 is 4.39 Å². The Balaban J connectivity index is 1.86. The summed E-state index contributed by atoms with van der Waals surface area (Å²) in [4.78, 5) is 9.13. The Kier molecular flexibility index (Phi) is 12.2. The van der Waals surface area contributed by atoms with E-state index in [1.54, 1.807) is 0 Å². The third-order valence-corrected chi connectivity index (χ3v) is 8.11. The Morgan fingerprint density at radius 3 is 1.58 bits per heavy atom. The first kappa shape index (κ1) is 43.3. The number of halogens is 20. The van der Waals surface area contributed by atoms with Crippen molar-refractivity contribution >= 4 is 0 Å². The van der Waals surface area contributed by atoms with Crippen molar-refractivity contribution in [3.8, 4) is 0 Å². The number of unbranched alkanes of at least 4 members (excludes halogenated alkanes) is 6. The molecule has 1 unspecified atom stereocenters. The lowest BCUT2D eigenvalue weighted by Crippen LogP contribution is -2.73. The van der Waals surface area contributed by atoms with Gasteiger partial charge in [0.1, 0.15) is 5.69 Å². The Morgan fingerprint density at radius 2 is 1.10 bits per heavy atom. The molecular formula is C28H25F20N3O. The fraction of sp³-hybridized carbons (Fsp3) is 0.714. The van der Waals surface area contributed by atoms with Crippen molar-refractivity contribution in [2.24, 2.45) is 5.92 Å². The molecule has 24 heteroatoms. The highest BCUT2D eigenvalue weighted by Gasteiger charge is 2.94. The van der Waals surface area contributed by atoms with Crippen LogP contribution in [0.25, 0.3) is 0 Å². The lowest BCUT2D eigenvalue weighted by molar-refractivity contribution is -0.501. The first-order valence-electron chi connectivity index (χ1n) is 15.0. The van der Waals surface area contributed by atoms with Crippen molar-refractivity contribution in [3.05, 3.63) is 47.2 Å². The van der Waals surface area contributed by atoms with Crippen molar-refractivity contribution in [2.45, 2.75) is 118 Å². The van der Waals surface area contributed by atoms with E-state index in [0.717, 1.165) is 44.4 Å². The van der Waals surface area contributed by atoms with Gasteiger partial charge in [0.2, 0.25) is 17.5 Å². The van der Waals surface area contributed by atoms with Gasteiger partial charge in [0.05, 0.1) is 11.9 Å². The quantitative estimate of drug-likeness (QED) is 0.0842. The van der Waals surface area contributed by atoms with Crippen LogP contribution in [-0.4, -0.2) is 56.9 Å². The zero-order valence-electron chi connectivity index (χ0n) is 25.8. The molecule has 1 aromatic heterocycles. The van der Waals surface area contributed by atoms with Gasteiger partial charge in [-0.05, 0) is 18.8 Å². The van der Waals surface area contributed by atoms with Gasteiger partial charge in [-0.2, -0.15) is 84.5 Å². The van der Waals surface area contributed by atoms with Crippen LogP contribution >= 0.6 is 0 Å². The highest BCUT2D eigenvalue weighted by Crippen LogP contribution is 2.63. The van der Waals surface area contributed by atoms with Gasteiger partial charge < -0.3 is 0 Å².